The Morgan fingerprint density at radius 2 is 1.89 bits per heavy atom. The number of halogens is 1. The van der Waals surface area contributed by atoms with E-state index in [2.05, 4.69) is 16.7 Å². The summed E-state index contributed by atoms with van der Waals surface area (Å²) in [5.74, 6) is 0.522. The van der Waals surface area contributed by atoms with Gasteiger partial charge >= 0.3 is 0 Å². The maximum atomic E-state index is 13.0. The number of hydrogen-bond acceptors (Lipinski definition) is 3. The summed E-state index contributed by atoms with van der Waals surface area (Å²) in [6, 6.07) is 14.0. The first-order valence-electron chi connectivity index (χ1n) is 10.00. The minimum absolute atomic E-state index is 0. The first-order valence-corrected chi connectivity index (χ1v) is 10.00. The van der Waals surface area contributed by atoms with Gasteiger partial charge in [-0.05, 0) is 61.1 Å². The summed E-state index contributed by atoms with van der Waals surface area (Å²) in [7, 11) is 0. The van der Waals surface area contributed by atoms with Crippen molar-refractivity contribution in [2.24, 2.45) is 5.92 Å². The molecule has 2 fully saturated rings. The molecule has 0 aromatic heterocycles. The highest BCUT2D eigenvalue weighted by Crippen LogP contribution is 2.21. The van der Waals surface area contributed by atoms with E-state index in [1.54, 1.807) is 0 Å². The number of carbonyl (C=O) groups is 2. The molecule has 0 radical (unpaired) electrons. The maximum absolute atomic E-state index is 13.0. The average molecular weight is 402 g/mol. The van der Waals surface area contributed by atoms with Crippen molar-refractivity contribution in [2.45, 2.75) is 31.7 Å². The molecule has 0 bridgehead atoms. The summed E-state index contributed by atoms with van der Waals surface area (Å²) < 4.78 is 0. The summed E-state index contributed by atoms with van der Waals surface area (Å²) in [4.78, 5) is 27.1. The van der Waals surface area contributed by atoms with Crippen molar-refractivity contribution < 1.29 is 9.59 Å². The highest BCUT2D eigenvalue weighted by molar-refractivity contribution is 5.98. The molecule has 2 aromatic carbocycles. The van der Waals surface area contributed by atoms with Crippen LogP contribution in [0.15, 0.2) is 42.5 Å². The van der Waals surface area contributed by atoms with Gasteiger partial charge in [0.25, 0.3) is 5.91 Å². The minimum atomic E-state index is -0.0380. The van der Waals surface area contributed by atoms with Gasteiger partial charge in [0, 0.05) is 25.2 Å². The second-order valence-electron chi connectivity index (χ2n) is 7.72. The number of fused-ring (bicyclic) bond motifs is 1. The fourth-order valence-electron chi connectivity index (χ4n) is 4.20. The van der Waals surface area contributed by atoms with E-state index < -0.39 is 0 Å². The van der Waals surface area contributed by atoms with Crippen LogP contribution in [0.4, 0.5) is 0 Å². The van der Waals surface area contributed by atoms with Crippen molar-refractivity contribution >= 4 is 35.0 Å². The molecule has 0 saturated carbocycles. The van der Waals surface area contributed by atoms with Gasteiger partial charge in [-0.2, -0.15) is 0 Å². The van der Waals surface area contributed by atoms with Gasteiger partial charge in [0.15, 0.2) is 0 Å². The molecule has 2 aliphatic rings. The van der Waals surface area contributed by atoms with Gasteiger partial charge in [0.1, 0.15) is 0 Å². The van der Waals surface area contributed by atoms with E-state index in [1.165, 1.54) is 0 Å². The Balaban J connectivity index is 0.00000225. The van der Waals surface area contributed by atoms with E-state index in [0.717, 1.165) is 55.1 Å². The predicted molar refractivity (Wildman–Crippen MR) is 114 cm³/mol. The molecule has 2 aromatic rings. The second kappa shape index (κ2) is 9.39. The van der Waals surface area contributed by atoms with Crippen LogP contribution in [-0.2, 0) is 4.79 Å². The van der Waals surface area contributed by atoms with E-state index in [9.17, 15) is 9.59 Å². The van der Waals surface area contributed by atoms with Crippen molar-refractivity contribution in [3.05, 3.63) is 48.0 Å². The predicted octanol–water partition coefficient (Wildman–Crippen LogP) is 2.98. The minimum Gasteiger partial charge on any atom is -0.354 e. The third kappa shape index (κ3) is 4.65. The van der Waals surface area contributed by atoms with Crippen LogP contribution in [0.1, 0.15) is 36.0 Å². The molecule has 150 valence electrons. The zero-order valence-corrected chi connectivity index (χ0v) is 16.8. The molecular weight excluding hydrogens is 374 g/mol. The zero-order chi connectivity index (χ0) is 18.6. The number of rotatable bonds is 4. The Kier molecular flexibility index (Phi) is 6.92. The average Bonchev–Trinajstić information content (AvgIpc) is 3.26. The van der Waals surface area contributed by atoms with Crippen LogP contribution in [0.2, 0.25) is 0 Å². The molecule has 4 rings (SSSR count). The largest absolute Gasteiger partial charge is 0.354 e. The lowest BCUT2D eigenvalue weighted by atomic mass is 9.96. The SMILES string of the molecule is Cl.O=C(NCC1CCCN(C(=O)c2ccc3ccccc3c2)C1)C1CCCN1. The van der Waals surface area contributed by atoms with Crippen LogP contribution in [0.25, 0.3) is 10.8 Å². The Morgan fingerprint density at radius 1 is 1.07 bits per heavy atom. The van der Waals surface area contributed by atoms with Crippen LogP contribution in [0.5, 0.6) is 0 Å². The van der Waals surface area contributed by atoms with Gasteiger partial charge in [-0.15, -0.1) is 12.4 Å². The number of benzene rings is 2. The first kappa shape index (κ1) is 20.6. The lowest BCUT2D eigenvalue weighted by Gasteiger charge is -2.33. The molecule has 2 aliphatic heterocycles. The zero-order valence-electron chi connectivity index (χ0n) is 16.0. The number of piperidine rings is 1. The van der Waals surface area contributed by atoms with E-state index in [1.807, 2.05) is 41.3 Å². The normalized spacial score (nSPS) is 21.9. The number of amides is 2. The van der Waals surface area contributed by atoms with Crippen LogP contribution in [0, 0.1) is 5.92 Å². The highest BCUT2D eigenvalue weighted by Gasteiger charge is 2.27. The quantitative estimate of drug-likeness (QED) is 0.827. The number of hydrogen-bond donors (Lipinski definition) is 2. The Bertz CT molecular complexity index is 835. The van der Waals surface area contributed by atoms with E-state index in [-0.39, 0.29) is 30.3 Å². The number of carbonyl (C=O) groups excluding carboxylic acids is 2. The maximum Gasteiger partial charge on any atom is 0.253 e. The Morgan fingerprint density at radius 3 is 2.68 bits per heavy atom. The Labute approximate surface area is 172 Å². The van der Waals surface area contributed by atoms with Crippen LogP contribution >= 0.6 is 12.4 Å². The van der Waals surface area contributed by atoms with Gasteiger partial charge in [0.2, 0.25) is 5.91 Å². The molecule has 2 unspecified atom stereocenters. The lowest BCUT2D eigenvalue weighted by molar-refractivity contribution is -0.123. The summed E-state index contributed by atoms with van der Waals surface area (Å²) in [5.41, 5.74) is 0.744. The Hall–Kier alpha value is -2.11. The fourth-order valence-corrected chi connectivity index (χ4v) is 4.20. The van der Waals surface area contributed by atoms with Crippen LogP contribution in [-0.4, -0.2) is 48.9 Å². The van der Waals surface area contributed by atoms with E-state index in [0.29, 0.717) is 19.0 Å². The summed E-state index contributed by atoms with van der Waals surface area (Å²) in [6.07, 6.45) is 4.03. The van der Waals surface area contributed by atoms with Crippen molar-refractivity contribution in [1.29, 1.82) is 0 Å². The second-order valence-corrected chi connectivity index (χ2v) is 7.72. The molecule has 2 saturated heterocycles. The lowest BCUT2D eigenvalue weighted by Crippen LogP contribution is -2.46. The fraction of sp³-hybridized carbons (Fsp3) is 0.455. The van der Waals surface area contributed by atoms with E-state index in [4.69, 9.17) is 0 Å². The first-order chi connectivity index (χ1) is 13.2. The molecule has 6 heteroatoms. The molecule has 0 spiro atoms. The van der Waals surface area contributed by atoms with Crippen LogP contribution < -0.4 is 10.6 Å². The molecular formula is C22H28ClN3O2. The van der Waals surface area contributed by atoms with Gasteiger partial charge < -0.3 is 15.5 Å². The molecule has 2 amide bonds. The van der Waals surface area contributed by atoms with E-state index >= 15 is 0 Å². The third-order valence-corrected chi connectivity index (χ3v) is 5.74. The summed E-state index contributed by atoms with van der Waals surface area (Å²) in [5, 5.41) is 8.55. The van der Waals surface area contributed by atoms with Crippen molar-refractivity contribution in [3.63, 3.8) is 0 Å². The van der Waals surface area contributed by atoms with Crippen molar-refractivity contribution in [1.82, 2.24) is 15.5 Å². The molecule has 28 heavy (non-hydrogen) atoms. The summed E-state index contributed by atoms with van der Waals surface area (Å²) >= 11 is 0. The van der Waals surface area contributed by atoms with Gasteiger partial charge in [0.05, 0.1) is 6.04 Å². The molecule has 2 N–H and O–H groups in total. The molecule has 2 atom stereocenters. The monoisotopic (exact) mass is 401 g/mol. The summed E-state index contributed by atoms with van der Waals surface area (Å²) in [6.45, 7) is 3.08. The highest BCUT2D eigenvalue weighted by atomic mass is 35.5. The standard InChI is InChI=1S/C22H27N3O2.ClH/c26-21(20-8-3-11-23-20)24-14-16-5-4-12-25(15-16)22(27)19-10-9-17-6-1-2-7-18(17)13-19;/h1-2,6-7,9-10,13,16,20,23H,3-5,8,11-12,14-15H2,(H,24,26);1H. The van der Waals surface area contributed by atoms with Gasteiger partial charge in [-0.1, -0.05) is 30.3 Å². The van der Waals surface area contributed by atoms with Crippen molar-refractivity contribution in [2.75, 3.05) is 26.2 Å². The third-order valence-electron chi connectivity index (χ3n) is 5.74. The molecule has 5 nitrogen and oxygen atoms in total. The number of nitrogens with zero attached hydrogens (tertiary/aromatic N) is 1. The van der Waals surface area contributed by atoms with Crippen molar-refractivity contribution in [3.8, 4) is 0 Å². The number of likely N-dealkylation sites (tertiary alicyclic amines) is 1. The number of nitrogens with one attached hydrogen (secondary N) is 2. The smallest absolute Gasteiger partial charge is 0.253 e. The van der Waals surface area contributed by atoms with Gasteiger partial charge in [-0.3, -0.25) is 9.59 Å². The molecule has 2 heterocycles. The van der Waals surface area contributed by atoms with Gasteiger partial charge in [-0.25, -0.2) is 0 Å². The molecule has 0 aliphatic carbocycles. The topological polar surface area (TPSA) is 61.4 Å². The van der Waals surface area contributed by atoms with Crippen LogP contribution in [0.3, 0.4) is 0 Å².